The molecule has 2 atom stereocenters. The van der Waals surface area contributed by atoms with E-state index in [9.17, 15) is 13.2 Å². The molecule has 1 aliphatic heterocycles. The second-order valence-electron chi connectivity index (χ2n) is 5.90. The Hall–Kier alpha value is -0.860. The normalized spacial score (nSPS) is 23.9. The molecule has 1 amide bonds. The molecule has 1 saturated heterocycles. The first-order valence-electron chi connectivity index (χ1n) is 6.38. The highest BCUT2D eigenvalue weighted by molar-refractivity contribution is 7.86. The van der Waals surface area contributed by atoms with E-state index in [0.29, 0.717) is 13.0 Å². The van der Waals surface area contributed by atoms with Crippen LogP contribution in [0, 0.1) is 0 Å². The Morgan fingerprint density at radius 1 is 1.35 bits per heavy atom. The summed E-state index contributed by atoms with van der Waals surface area (Å²) in [5.74, 6) is 0. The van der Waals surface area contributed by atoms with Crippen LogP contribution >= 0.6 is 0 Å². The second kappa shape index (κ2) is 6.28. The van der Waals surface area contributed by atoms with E-state index in [1.54, 1.807) is 20.8 Å². The summed E-state index contributed by atoms with van der Waals surface area (Å²) in [6, 6.07) is -0.249. The molecule has 0 N–H and O–H groups in total. The lowest BCUT2D eigenvalue weighted by Crippen LogP contribution is -2.42. The molecule has 0 aromatic rings. The Labute approximate surface area is 120 Å². The maximum atomic E-state index is 12.1. The predicted octanol–water partition coefficient (Wildman–Crippen LogP) is 0.987. The number of rotatable bonds is 4. The summed E-state index contributed by atoms with van der Waals surface area (Å²) in [4.78, 5) is 13.6. The van der Waals surface area contributed by atoms with Crippen LogP contribution in [-0.4, -0.2) is 63.7 Å². The molecule has 1 aliphatic rings. The minimum Gasteiger partial charge on any atom is -0.444 e. The van der Waals surface area contributed by atoms with Crippen LogP contribution in [0.5, 0.6) is 0 Å². The van der Waals surface area contributed by atoms with Crippen LogP contribution in [0.3, 0.4) is 0 Å². The topological polar surface area (TPSA) is 82.1 Å². The average molecular weight is 309 g/mol. The van der Waals surface area contributed by atoms with Crippen LogP contribution in [0.4, 0.5) is 4.79 Å². The molecule has 0 spiro atoms. The van der Waals surface area contributed by atoms with Gasteiger partial charge in [-0.3, -0.25) is 4.18 Å². The standard InChI is InChI=1S/C12H23NO6S/c1-12(2,3)18-11(14)13-7-10(19-20(5,15)16)6-9(13)8-17-4/h9-10H,6-8H2,1-5H3/t9-,10+/m0/s1. The molecule has 0 bridgehead atoms. The van der Waals surface area contributed by atoms with Crippen molar-refractivity contribution in [3.63, 3.8) is 0 Å². The Kier molecular flexibility index (Phi) is 5.39. The number of ether oxygens (including phenoxy) is 2. The van der Waals surface area contributed by atoms with Gasteiger partial charge < -0.3 is 14.4 Å². The van der Waals surface area contributed by atoms with Crippen molar-refractivity contribution in [1.29, 1.82) is 0 Å². The van der Waals surface area contributed by atoms with Crippen LogP contribution in [0.15, 0.2) is 0 Å². The van der Waals surface area contributed by atoms with Crippen LogP contribution in [0.2, 0.25) is 0 Å². The Morgan fingerprint density at radius 2 is 1.95 bits per heavy atom. The van der Waals surface area contributed by atoms with E-state index in [0.717, 1.165) is 6.26 Å². The summed E-state index contributed by atoms with van der Waals surface area (Å²) in [7, 11) is -2.02. The molecule has 0 radical (unpaired) electrons. The van der Waals surface area contributed by atoms with E-state index in [-0.39, 0.29) is 12.6 Å². The van der Waals surface area contributed by atoms with E-state index in [4.69, 9.17) is 13.7 Å². The molecule has 0 aromatic heterocycles. The first-order valence-corrected chi connectivity index (χ1v) is 8.20. The zero-order chi connectivity index (χ0) is 15.6. The summed E-state index contributed by atoms with van der Waals surface area (Å²) in [6.07, 6.45) is 0.353. The Balaban J connectivity index is 2.74. The second-order valence-corrected chi connectivity index (χ2v) is 7.50. The van der Waals surface area contributed by atoms with E-state index < -0.39 is 27.9 Å². The van der Waals surface area contributed by atoms with Crippen molar-refractivity contribution in [2.24, 2.45) is 0 Å². The average Bonchev–Trinajstić information content (AvgIpc) is 2.56. The number of hydrogen-bond acceptors (Lipinski definition) is 6. The summed E-state index contributed by atoms with van der Waals surface area (Å²) in [6.45, 7) is 5.81. The first-order chi connectivity index (χ1) is 9.02. The van der Waals surface area contributed by atoms with Crippen molar-refractivity contribution in [1.82, 2.24) is 4.90 Å². The molecular weight excluding hydrogens is 286 g/mol. The number of carbonyl (C=O) groups excluding carboxylic acids is 1. The third-order valence-electron chi connectivity index (χ3n) is 2.67. The van der Waals surface area contributed by atoms with Gasteiger partial charge in [-0.15, -0.1) is 0 Å². The van der Waals surface area contributed by atoms with Crippen molar-refractivity contribution in [2.75, 3.05) is 26.5 Å². The summed E-state index contributed by atoms with van der Waals surface area (Å²) < 4.78 is 37.7. The van der Waals surface area contributed by atoms with Gasteiger partial charge in [-0.05, 0) is 27.2 Å². The number of methoxy groups -OCH3 is 1. The van der Waals surface area contributed by atoms with Gasteiger partial charge in [-0.1, -0.05) is 0 Å². The van der Waals surface area contributed by atoms with Crippen molar-refractivity contribution < 1.29 is 26.9 Å². The van der Waals surface area contributed by atoms with Gasteiger partial charge >= 0.3 is 6.09 Å². The lowest BCUT2D eigenvalue weighted by Gasteiger charge is -2.28. The van der Waals surface area contributed by atoms with Crippen LogP contribution in [0.1, 0.15) is 27.2 Å². The summed E-state index contributed by atoms with van der Waals surface area (Å²) in [5.41, 5.74) is -0.607. The number of nitrogens with zero attached hydrogens (tertiary/aromatic N) is 1. The molecule has 1 rings (SSSR count). The van der Waals surface area contributed by atoms with Gasteiger partial charge in [-0.25, -0.2) is 4.79 Å². The van der Waals surface area contributed by atoms with Crippen LogP contribution < -0.4 is 0 Å². The number of carbonyl (C=O) groups is 1. The summed E-state index contributed by atoms with van der Waals surface area (Å²) in [5, 5.41) is 0. The van der Waals surface area contributed by atoms with Gasteiger partial charge in [0.05, 0.1) is 31.6 Å². The van der Waals surface area contributed by atoms with Gasteiger partial charge in [0.25, 0.3) is 10.1 Å². The molecule has 20 heavy (non-hydrogen) atoms. The van der Waals surface area contributed by atoms with E-state index in [1.165, 1.54) is 12.0 Å². The highest BCUT2D eigenvalue weighted by Crippen LogP contribution is 2.24. The molecule has 0 aliphatic carbocycles. The maximum absolute atomic E-state index is 12.1. The van der Waals surface area contributed by atoms with Gasteiger partial charge in [0, 0.05) is 7.11 Å². The highest BCUT2D eigenvalue weighted by atomic mass is 32.2. The zero-order valence-electron chi connectivity index (χ0n) is 12.6. The highest BCUT2D eigenvalue weighted by Gasteiger charge is 2.39. The lowest BCUT2D eigenvalue weighted by atomic mass is 10.2. The lowest BCUT2D eigenvalue weighted by molar-refractivity contribution is 0.0140. The number of amides is 1. The Bertz CT molecular complexity index is 441. The SMILES string of the molecule is COC[C@@H]1C[C@@H](OS(C)(=O)=O)CN1C(=O)OC(C)(C)C. The first kappa shape index (κ1) is 17.2. The zero-order valence-corrected chi connectivity index (χ0v) is 13.4. The minimum absolute atomic E-state index is 0.177. The van der Waals surface area contributed by atoms with E-state index in [1.807, 2.05) is 0 Å². The largest absolute Gasteiger partial charge is 0.444 e. The van der Waals surface area contributed by atoms with Gasteiger partial charge in [0.15, 0.2) is 0 Å². The van der Waals surface area contributed by atoms with Crippen LogP contribution in [-0.2, 0) is 23.8 Å². The third kappa shape index (κ3) is 5.64. The van der Waals surface area contributed by atoms with Crippen molar-refractivity contribution >= 4 is 16.2 Å². The number of likely N-dealkylation sites (tertiary alicyclic amines) is 1. The molecule has 118 valence electrons. The van der Waals surface area contributed by atoms with Crippen molar-refractivity contribution in [3.8, 4) is 0 Å². The third-order valence-corrected chi connectivity index (χ3v) is 3.30. The molecule has 1 fully saturated rings. The van der Waals surface area contributed by atoms with Crippen molar-refractivity contribution in [2.45, 2.75) is 44.9 Å². The van der Waals surface area contributed by atoms with E-state index in [2.05, 4.69) is 0 Å². The fraction of sp³-hybridized carbons (Fsp3) is 0.917. The van der Waals surface area contributed by atoms with Crippen molar-refractivity contribution in [3.05, 3.63) is 0 Å². The van der Waals surface area contributed by atoms with Crippen LogP contribution in [0.25, 0.3) is 0 Å². The van der Waals surface area contributed by atoms with Gasteiger partial charge in [-0.2, -0.15) is 8.42 Å². The maximum Gasteiger partial charge on any atom is 0.410 e. The summed E-state index contributed by atoms with van der Waals surface area (Å²) >= 11 is 0. The fourth-order valence-electron chi connectivity index (χ4n) is 2.09. The molecule has 7 nitrogen and oxygen atoms in total. The minimum atomic E-state index is -3.55. The molecule has 8 heteroatoms. The molecule has 0 saturated carbocycles. The molecule has 0 aromatic carbocycles. The van der Waals surface area contributed by atoms with Gasteiger partial charge in [0.2, 0.25) is 0 Å². The Morgan fingerprint density at radius 3 is 2.40 bits per heavy atom. The molecular formula is C12H23NO6S. The predicted molar refractivity (Wildman–Crippen MR) is 72.9 cm³/mol. The van der Waals surface area contributed by atoms with E-state index >= 15 is 0 Å². The number of hydrogen-bond donors (Lipinski definition) is 0. The monoisotopic (exact) mass is 309 g/mol. The fourth-order valence-corrected chi connectivity index (χ4v) is 2.72. The van der Waals surface area contributed by atoms with Gasteiger partial charge in [0.1, 0.15) is 5.60 Å². The molecule has 1 heterocycles. The molecule has 0 unspecified atom stereocenters. The smallest absolute Gasteiger partial charge is 0.410 e. The quantitative estimate of drug-likeness (QED) is 0.720.